The largest absolute Gasteiger partial charge is 0.398 e. The molecule has 2 nitrogen and oxygen atoms in total. The number of nitrogens with one attached hydrogen (secondary N) is 1. The molecule has 0 saturated heterocycles. The van der Waals surface area contributed by atoms with Gasteiger partial charge in [0.1, 0.15) is 5.82 Å². The van der Waals surface area contributed by atoms with Gasteiger partial charge in [-0.1, -0.05) is 30.3 Å². The van der Waals surface area contributed by atoms with Gasteiger partial charge < -0.3 is 11.1 Å². The lowest BCUT2D eigenvalue weighted by Crippen LogP contribution is -2.03. The number of rotatable bonds is 3. The Morgan fingerprint density at radius 2 is 1.69 bits per heavy atom. The van der Waals surface area contributed by atoms with Gasteiger partial charge in [-0.15, -0.1) is 0 Å². The fourth-order valence-electron chi connectivity index (χ4n) is 1.49. The van der Waals surface area contributed by atoms with Crippen LogP contribution in [-0.2, 0) is 6.54 Å². The van der Waals surface area contributed by atoms with Crippen molar-refractivity contribution in [1.29, 1.82) is 0 Å². The monoisotopic (exact) mass is 216 g/mol. The van der Waals surface area contributed by atoms with E-state index in [4.69, 9.17) is 5.73 Å². The molecule has 16 heavy (non-hydrogen) atoms. The molecule has 0 saturated carbocycles. The van der Waals surface area contributed by atoms with Crippen molar-refractivity contribution >= 4 is 11.4 Å². The van der Waals surface area contributed by atoms with Crippen LogP contribution in [0.25, 0.3) is 0 Å². The van der Waals surface area contributed by atoms with Crippen molar-refractivity contribution < 1.29 is 4.39 Å². The number of nitrogen functional groups attached to an aromatic ring is 1. The van der Waals surface area contributed by atoms with Gasteiger partial charge in [-0.3, -0.25) is 0 Å². The van der Waals surface area contributed by atoms with Crippen molar-refractivity contribution in [3.63, 3.8) is 0 Å². The summed E-state index contributed by atoms with van der Waals surface area (Å²) in [6.45, 7) is 0.521. The zero-order chi connectivity index (χ0) is 11.4. The summed E-state index contributed by atoms with van der Waals surface area (Å²) < 4.78 is 13.3. The summed E-state index contributed by atoms with van der Waals surface area (Å²) in [6.07, 6.45) is 0. The van der Waals surface area contributed by atoms with E-state index >= 15 is 0 Å². The molecule has 3 heteroatoms. The highest BCUT2D eigenvalue weighted by Gasteiger charge is 2.01. The third kappa shape index (κ3) is 2.31. The highest BCUT2D eigenvalue weighted by atomic mass is 19.1. The van der Waals surface area contributed by atoms with Crippen LogP contribution in [0.15, 0.2) is 48.5 Å². The number of hydrogen-bond donors (Lipinski definition) is 2. The normalized spacial score (nSPS) is 10.1. The van der Waals surface area contributed by atoms with Crippen LogP contribution in [0, 0.1) is 5.82 Å². The van der Waals surface area contributed by atoms with Gasteiger partial charge in [0, 0.05) is 12.2 Å². The summed E-state index contributed by atoms with van der Waals surface area (Å²) in [5, 5.41) is 3.02. The molecule has 0 bridgehead atoms. The fourth-order valence-corrected chi connectivity index (χ4v) is 1.49. The highest BCUT2D eigenvalue weighted by Crippen LogP contribution is 2.16. The Morgan fingerprint density at radius 1 is 1.00 bits per heavy atom. The van der Waals surface area contributed by atoms with E-state index in [0.717, 1.165) is 5.56 Å². The van der Waals surface area contributed by atoms with Crippen LogP contribution in [0.1, 0.15) is 5.56 Å². The van der Waals surface area contributed by atoms with E-state index in [0.29, 0.717) is 17.9 Å². The van der Waals surface area contributed by atoms with Crippen molar-refractivity contribution in [3.8, 4) is 0 Å². The van der Waals surface area contributed by atoms with E-state index in [1.807, 2.05) is 24.3 Å². The predicted octanol–water partition coefficient (Wildman–Crippen LogP) is 3.02. The lowest BCUT2D eigenvalue weighted by molar-refractivity contribution is 0.630. The number of nitrogens with two attached hydrogens (primary N) is 1. The van der Waals surface area contributed by atoms with E-state index in [-0.39, 0.29) is 5.82 Å². The Balaban J connectivity index is 2.09. The second kappa shape index (κ2) is 4.66. The average molecular weight is 216 g/mol. The van der Waals surface area contributed by atoms with Crippen LogP contribution in [0.2, 0.25) is 0 Å². The fraction of sp³-hybridized carbons (Fsp3) is 0.0769. The summed E-state index contributed by atoms with van der Waals surface area (Å²) in [5.41, 5.74) is 7.96. The van der Waals surface area contributed by atoms with Gasteiger partial charge in [-0.05, 0) is 23.8 Å². The highest BCUT2D eigenvalue weighted by molar-refractivity contribution is 5.50. The van der Waals surface area contributed by atoms with Crippen LogP contribution in [0.5, 0.6) is 0 Å². The maximum absolute atomic E-state index is 13.3. The molecule has 2 aromatic carbocycles. The molecule has 2 rings (SSSR count). The zero-order valence-corrected chi connectivity index (χ0v) is 8.78. The standard InChI is InChI=1S/C13H13FN2/c14-11-6-2-4-8-13(11)16-9-10-5-1-3-7-12(10)15/h1-8,16H,9,15H2. The van der Waals surface area contributed by atoms with Crippen molar-refractivity contribution in [2.75, 3.05) is 11.1 Å². The van der Waals surface area contributed by atoms with E-state index in [1.54, 1.807) is 18.2 Å². The summed E-state index contributed by atoms with van der Waals surface area (Å²) in [4.78, 5) is 0. The second-order valence-electron chi connectivity index (χ2n) is 3.53. The summed E-state index contributed by atoms with van der Waals surface area (Å²) in [5.74, 6) is -0.253. The Bertz CT molecular complexity index is 437. The third-order valence-electron chi connectivity index (χ3n) is 2.40. The van der Waals surface area contributed by atoms with E-state index in [2.05, 4.69) is 5.32 Å². The minimum Gasteiger partial charge on any atom is -0.398 e. The van der Waals surface area contributed by atoms with Crippen molar-refractivity contribution in [2.45, 2.75) is 6.54 Å². The van der Waals surface area contributed by atoms with Crippen LogP contribution in [0.3, 0.4) is 0 Å². The van der Waals surface area contributed by atoms with Crippen molar-refractivity contribution in [1.82, 2.24) is 0 Å². The molecule has 0 heterocycles. The number of hydrogen-bond acceptors (Lipinski definition) is 2. The molecular formula is C13H13FN2. The molecule has 0 aliphatic heterocycles. The number of benzene rings is 2. The first-order valence-corrected chi connectivity index (χ1v) is 5.09. The second-order valence-corrected chi connectivity index (χ2v) is 3.53. The lowest BCUT2D eigenvalue weighted by Gasteiger charge is -2.09. The quantitative estimate of drug-likeness (QED) is 0.774. The lowest BCUT2D eigenvalue weighted by atomic mass is 10.2. The minimum absolute atomic E-state index is 0.253. The van der Waals surface area contributed by atoms with E-state index in [1.165, 1.54) is 6.07 Å². The Labute approximate surface area is 93.9 Å². The third-order valence-corrected chi connectivity index (χ3v) is 2.40. The minimum atomic E-state index is -0.253. The van der Waals surface area contributed by atoms with Crippen LogP contribution >= 0.6 is 0 Å². The first kappa shape index (κ1) is 10.5. The van der Waals surface area contributed by atoms with Crippen LogP contribution in [0.4, 0.5) is 15.8 Å². The molecule has 0 fully saturated rings. The SMILES string of the molecule is Nc1ccccc1CNc1ccccc1F. The van der Waals surface area contributed by atoms with Gasteiger partial charge in [0.15, 0.2) is 0 Å². The molecule has 0 radical (unpaired) electrons. The van der Waals surface area contributed by atoms with Gasteiger partial charge >= 0.3 is 0 Å². The smallest absolute Gasteiger partial charge is 0.146 e. The molecule has 0 aliphatic rings. The predicted molar refractivity (Wildman–Crippen MR) is 64.6 cm³/mol. The molecule has 0 amide bonds. The van der Waals surface area contributed by atoms with Gasteiger partial charge in [-0.25, -0.2) is 4.39 Å². The maximum atomic E-state index is 13.3. The maximum Gasteiger partial charge on any atom is 0.146 e. The molecule has 0 aromatic heterocycles. The average Bonchev–Trinajstić information content (AvgIpc) is 2.30. The first-order chi connectivity index (χ1) is 7.77. The Kier molecular flexibility index (Phi) is 3.05. The van der Waals surface area contributed by atoms with E-state index < -0.39 is 0 Å². The van der Waals surface area contributed by atoms with Crippen molar-refractivity contribution in [2.24, 2.45) is 0 Å². The molecule has 0 atom stereocenters. The Hall–Kier alpha value is -2.03. The van der Waals surface area contributed by atoms with Gasteiger partial charge in [-0.2, -0.15) is 0 Å². The van der Waals surface area contributed by atoms with Crippen LogP contribution in [-0.4, -0.2) is 0 Å². The number of anilines is 2. The molecule has 3 N–H and O–H groups in total. The van der Waals surface area contributed by atoms with Gasteiger partial charge in [0.25, 0.3) is 0 Å². The molecule has 0 spiro atoms. The molecule has 0 aliphatic carbocycles. The van der Waals surface area contributed by atoms with Gasteiger partial charge in [0.2, 0.25) is 0 Å². The molecular weight excluding hydrogens is 203 g/mol. The zero-order valence-electron chi connectivity index (χ0n) is 8.78. The number of halogens is 1. The van der Waals surface area contributed by atoms with Crippen molar-refractivity contribution in [3.05, 3.63) is 59.9 Å². The Morgan fingerprint density at radius 3 is 2.44 bits per heavy atom. The topological polar surface area (TPSA) is 38.0 Å². The molecule has 0 unspecified atom stereocenters. The van der Waals surface area contributed by atoms with Crippen LogP contribution < -0.4 is 11.1 Å². The molecule has 2 aromatic rings. The first-order valence-electron chi connectivity index (χ1n) is 5.09. The summed E-state index contributed by atoms with van der Waals surface area (Å²) >= 11 is 0. The summed E-state index contributed by atoms with van der Waals surface area (Å²) in [6, 6.07) is 14.1. The molecule has 82 valence electrons. The number of para-hydroxylation sites is 2. The van der Waals surface area contributed by atoms with E-state index in [9.17, 15) is 4.39 Å². The van der Waals surface area contributed by atoms with Gasteiger partial charge in [0.05, 0.1) is 5.69 Å². The summed E-state index contributed by atoms with van der Waals surface area (Å²) in [7, 11) is 0.